The average molecular weight is 261 g/mol. The number of hydrogen-bond donors (Lipinski definition) is 1. The second kappa shape index (κ2) is 4.82. The Hall–Kier alpha value is -1.81. The highest BCUT2D eigenvalue weighted by atomic mass is 32.2. The van der Waals surface area contributed by atoms with Crippen LogP contribution in [0.4, 0.5) is 5.69 Å². The van der Waals surface area contributed by atoms with Crippen molar-refractivity contribution in [2.24, 2.45) is 0 Å². The zero-order chi connectivity index (χ0) is 13.2. The molecule has 18 heavy (non-hydrogen) atoms. The first-order chi connectivity index (χ1) is 8.52. The van der Waals surface area contributed by atoms with Crippen LogP contribution in [0.3, 0.4) is 0 Å². The summed E-state index contributed by atoms with van der Waals surface area (Å²) in [4.78, 5) is 0.363. The minimum Gasteiger partial charge on any atom is -0.388 e. The lowest BCUT2D eigenvalue weighted by Gasteiger charge is -2.08. The molecule has 0 unspecified atom stereocenters. The number of sulfone groups is 1. The largest absolute Gasteiger partial charge is 0.388 e. The molecule has 0 bridgehead atoms. The summed E-state index contributed by atoms with van der Waals surface area (Å²) in [5.41, 5.74) is 2.63. The predicted octanol–water partition coefficient (Wildman–Crippen LogP) is 2.80. The Balaban J connectivity index is 2.57. The lowest BCUT2D eigenvalue weighted by molar-refractivity contribution is 0.602. The summed E-state index contributed by atoms with van der Waals surface area (Å²) in [7, 11) is -1.37. The molecule has 0 saturated heterocycles. The van der Waals surface area contributed by atoms with Gasteiger partial charge in [-0.2, -0.15) is 0 Å². The first-order valence-electron chi connectivity index (χ1n) is 5.59. The van der Waals surface area contributed by atoms with Crippen molar-refractivity contribution in [3.63, 3.8) is 0 Å². The molecular formula is C14H15NO2S. The molecule has 2 aromatic rings. The number of hydrogen-bond acceptors (Lipinski definition) is 3. The van der Waals surface area contributed by atoms with Crippen LogP contribution in [0.5, 0.6) is 0 Å². The Morgan fingerprint density at radius 1 is 0.944 bits per heavy atom. The van der Waals surface area contributed by atoms with Crippen LogP contribution >= 0.6 is 0 Å². The topological polar surface area (TPSA) is 46.2 Å². The van der Waals surface area contributed by atoms with E-state index in [2.05, 4.69) is 5.32 Å². The van der Waals surface area contributed by atoms with Crippen molar-refractivity contribution in [2.45, 2.75) is 4.90 Å². The molecule has 0 aromatic heterocycles. The molecule has 0 atom stereocenters. The van der Waals surface area contributed by atoms with Gasteiger partial charge < -0.3 is 5.32 Å². The smallest absolute Gasteiger partial charge is 0.176 e. The minimum atomic E-state index is -3.21. The predicted molar refractivity (Wildman–Crippen MR) is 74.5 cm³/mol. The van der Waals surface area contributed by atoms with Crippen molar-refractivity contribution in [3.05, 3.63) is 48.5 Å². The highest BCUT2D eigenvalue weighted by Gasteiger charge is 2.13. The minimum absolute atomic E-state index is 0.363. The second-order valence-electron chi connectivity index (χ2n) is 4.10. The molecule has 0 spiro atoms. The normalized spacial score (nSPS) is 11.2. The van der Waals surface area contributed by atoms with Gasteiger partial charge in [-0.15, -0.1) is 0 Å². The van der Waals surface area contributed by atoms with E-state index in [1.54, 1.807) is 12.1 Å². The molecule has 0 heterocycles. The van der Waals surface area contributed by atoms with Crippen LogP contribution in [0, 0.1) is 0 Å². The van der Waals surface area contributed by atoms with Gasteiger partial charge in [-0.3, -0.25) is 0 Å². The van der Waals surface area contributed by atoms with Crippen LogP contribution in [0.15, 0.2) is 53.4 Å². The fraction of sp³-hybridized carbons (Fsp3) is 0.143. The second-order valence-corrected chi connectivity index (χ2v) is 6.08. The SMILES string of the molecule is CNc1ccc(-c2ccccc2S(C)(=O)=O)cc1. The van der Waals surface area contributed by atoms with E-state index in [0.717, 1.165) is 16.8 Å². The average Bonchev–Trinajstić information content (AvgIpc) is 2.38. The molecule has 0 aliphatic rings. The quantitative estimate of drug-likeness (QED) is 0.924. The van der Waals surface area contributed by atoms with E-state index in [0.29, 0.717) is 4.90 Å². The lowest BCUT2D eigenvalue weighted by Crippen LogP contribution is -1.99. The number of benzene rings is 2. The molecule has 0 amide bonds. The van der Waals surface area contributed by atoms with Crippen LogP contribution in [0.1, 0.15) is 0 Å². The monoisotopic (exact) mass is 261 g/mol. The third kappa shape index (κ3) is 2.54. The van der Waals surface area contributed by atoms with Crippen molar-refractivity contribution in [3.8, 4) is 11.1 Å². The van der Waals surface area contributed by atoms with Crippen LogP contribution in [-0.4, -0.2) is 21.7 Å². The molecule has 4 heteroatoms. The van der Waals surface area contributed by atoms with Crippen LogP contribution in [0.2, 0.25) is 0 Å². The maximum absolute atomic E-state index is 11.7. The van der Waals surface area contributed by atoms with Gasteiger partial charge in [-0.1, -0.05) is 30.3 Å². The van der Waals surface area contributed by atoms with E-state index in [4.69, 9.17) is 0 Å². The maximum Gasteiger partial charge on any atom is 0.176 e. The fourth-order valence-electron chi connectivity index (χ4n) is 1.84. The van der Waals surface area contributed by atoms with E-state index >= 15 is 0 Å². The number of nitrogens with one attached hydrogen (secondary N) is 1. The number of anilines is 1. The molecule has 2 aromatic carbocycles. The molecule has 0 aliphatic carbocycles. The van der Waals surface area contributed by atoms with Gasteiger partial charge in [-0.25, -0.2) is 8.42 Å². The zero-order valence-electron chi connectivity index (χ0n) is 10.3. The summed E-state index contributed by atoms with van der Waals surface area (Å²) in [6, 6.07) is 14.7. The van der Waals surface area contributed by atoms with Gasteiger partial charge in [-0.05, 0) is 23.8 Å². The van der Waals surface area contributed by atoms with Gasteiger partial charge in [0.1, 0.15) is 0 Å². The van der Waals surface area contributed by atoms with Gasteiger partial charge in [0, 0.05) is 24.6 Å². The van der Waals surface area contributed by atoms with E-state index < -0.39 is 9.84 Å². The maximum atomic E-state index is 11.7. The first-order valence-corrected chi connectivity index (χ1v) is 7.49. The van der Waals surface area contributed by atoms with Crippen molar-refractivity contribution in [1.82, 2.24) is 0 Å². The molecule has 2 rings (SSSR count). The standard InChI is InChI=1S/C14H15NO2S/c1-15-12-9-7-11(8-10-12)13-5-3-4-6-14(13)18(2,16)17/h3-10,15H,1-2H3. The van der Waals surface area contributed by atoms with E-state index in [9.17, 15) is 8.42 Å². The highest BCUT2D eigenvalue weighted by Crippen LogP contribution is 2.27. The summed E-state index contributed by atoms with van der Waals surface area (Å²) in [6.07, 6.45) is 1.23. The Morgan fingerprint density at radius 2 is 1.56 bits per heavy atom. The summed E-state index contributed by atoms with van der Waals surface area (Å²) in [5.74, 6) is 0. The Labute approximate surface area is 107 Å². The summed E-state index contributed by atoms with van der Waals surface area (Å²) in [5, 5.41) is 3.03. The van der Waals surface area contributed by atoms with Crippen molar-refractivity contribution < 1.29 is 8.42 Å². The van der Waals surface area contributed by atoms with Crippen molar-refractivity contribution in [1.29, 1.82) is 0 Å². The zero-order valence-corrected chi connectivity index (χ0v) is 11.2. The Morgan fingerprint density at radius 3 is 2.11 bits per heavy atom. The summed E-state index contributed by atoms with van der Waals surface area (Å²) in [6.45, 7) is 0. The Kier molecular flexibility index (Phi) is 3.39. The number of rotatable bonds is 3. The third-order valence-corrected chi connectivity index (χ3v) is 3.93. The lowest BCUT2D eigenvalue weighted by atomic mass is 10.1. The van der Waals surface area contributed by atoms with Gasteiger partial charge >= 0.3 is 0 Å². The summed E-state index contributed by atoms with van der Waals surface area (Å²) >= 11 is 0. The molecule has 0 fully saturated rings. The molecule has 94 valence electrons. The van der Waals surface area contributed by atoms with Gasteiger partial charge in [0.05, 0.1) is 4.90 Å². The van der Waals surface area contributed by atoms with E-state index in [1.165, 1.54) is 6.26 Å². The first kappa shape index (κ1) is 12.6. The Bertz CT molecular complexity index is 646. The van der Waals surface area contributed by atoms with Crippen molar-refractivity contribution >= 4 is 15.5 Å². The van der Waals surface area contributed by atoms with Gasteiger partial charge in [0.15, 0.2) is 9.84 Å². The highest BCUT2D eigenvalue weighted by molar-refractivity contribution is 7.90. The van der Waals surface area contributed by atoms with Crippen LogP contribution in [-0.2, 0) is 9.84 Å². The van der Waals surface area contributed by atoms with Crippen LogP contribution < -0.4 is 5.32 Å². The van der Waals surface area contributed by atoms with Crippen LogP contribution in [0.25, 0.3) is 11.1 Å². The molecule has 3 nitrogen and oxygen atoms in total. The molecule has 0 radical (unpaired) electrons. The van der Waals surface area contributed by atoms with Gasteiger partial charge in [0.2, 0.25) is 0 Å². The van der Waals surface area contributed by atoms with E-state index in [1.807, 2.05) is 43.4 Å². The molecule has 0 aliphatic heterocycles. The summed E-state index contributed by atoms with van der Waals surface area (Å²) < 4.78 is 23.5. The van der Waals surface area contributed by atoms with Gasteiger partial charge in [0.25, 0.3) is 0 Å². The molecule has 1 N–H and O–H groups in total. The third-order valence-electron chi connectivity index (χ3n) is 2.77. The van der Waals surface area contributed by atoms with E-state index in [-0.39, 0.29) is 0 Å². The molecular weight excluding hydrogens is 246 g/mol. The molecule has 0 saturated carbocycles. The van der Waals surface area contributed by atoms with Crippen molar-refractivity contribution in [2.75, 3.05) is 18.6 Å². The fourth-order valence-corrected chi connectivity index (χ4v) is 2.76.